The van der Waals surface area contributed by atoms with Crippen LogP contribution in [0.4, 0.5) is 0 Å². The van der Waals surface area contributed by atoms with Crippen LogP contribution in [-0.4, -0.2) is 7.05 Å². The molecule has 2 nitrogen and oxygen atoms in total. The Morgan fingerprint density at radius 3 is 2.94 bits per heavy atom. The molecule has 0 fully saturated rings. The van der Waals surface area contributed by atoms with E-state index in [0.717, 1.165) is 27.2 Å². The predicted octanol–water partition coefficient (Wildman–Crippen LogP) is 4.46. The molecule has 0 aliphatic carbocycles. The third-order valence-corrected chi connectivity index (χ3v) is 4.37. The van der Waals surface area contributed by atoms with Crippen molar-refractivity contribution < 1.29 is 4.74 Å². The summed E-state index contributed by atoms with van der Waals surface area (Å²) < 4.78 is 6.92. The van der Waals surface area contributed by atoms with Crippen LogP contribution in [0.3, 0.4) is 0 Å². The van der Waals surface area contributed by atoms with Crippen molar-refractivity contribution >= 4 is 38.9 Å². The Morgan fingerprint density at radius 1 is 1.44 bits per heavy atom. The van der Waals surface area contributed by atoms with E-state index in [2.05, 4.69) is 27.3 Å². The first-order chi connectivity index (χ1) is 8.70. The van der Waals surface area contributed by atoms with Gasteiger partial charge in [-0.05, 0) is 35.1 Å². The van der Waals surface area contributed by atoms with E-state index in [-0.39, 0.29) is 0 Å². The van der Waals surface area contributed by atoms with Crippen molar-refractivity contribution in [1.29, 1.82) is 0 Å². The molecule has 1 N–H and O–H groups in total. The SMILES string of the molecule is CNCc1cccc(Cl)c1OCc1cc(Br)cs1. The molecule has 2 aromatic rings. The zero-order valence-corrected chi connectivity index (χ0v) is 13.0. The number of thiophene rings is 1. The summed E-state index contributed by atoms with van der Waals surface area (Å²) in [5.41, 5.74) is 1.07. The van der Waals surface area contributed by atoms with Crippen LogP contribution in [0.15, 0.2) is 34.1 Å². The van der Waals surface area contributed by atoms with E-state index >= 15 is 0 Å². The summed E-state index contributed by atoms with van der Waals surface area (Å²) in [6.45, 7) is 1.28. The largest absolute Gasteiger partial charge is 0.486 e. The quantitative estimate of drug-likeness (QED) is 0.863. The smallest absolute Gasteiger partial charge is 0.142 e. The van der Waals surface area contributed by atoms with Crippen molar-refractivity contribution in [2.75, 3.05) is 7.05 Å². The first-order valence-corrected chi connectivity index (χ1v) is 7.53. The average Bonchev–Trinajstić information content (AvgIpc) is 2.75. The summed E-state index contributed by atoms with van der Waals surface area (Å²) in [4.78, 5) is 1.16. The molecule has 1 heterocycles. The minimum atomic E-state index is 0.538. The number of benzene rings is 1. The monoisotopic (exact) mass is 345 g/mol. The number of hydrogen-bond donors (Lipinski definition) is 1. The van der Waals surface area contributed by atoms with Gasteiger partial charge < -0.3 is 10.1 Å². The second-order valence-corrected chi connectivity index (χ2v) is 6.10. The lowest BCUT2D eigenvalue weighted by Crippen LogP contribution is -2.07. The Kier molecular flexibility index (Phi) is 5.06. The van der Waals surface area contributed by atoms with Crippen LogP contribution in [0.1, 0.15) is 10.4 Å². The van der Waals surface area contributed by atoms with Gasteiger partial charge in [0.05, 0.1) is 5.02 Å². The van der Waals surface area contributed by atoms with Gasteiger partial charge in [0.15, 0.2) is 0 Å². The van der Waals surface area contributed by atoms with E-state index in [4.69, 9.17) is 16.3 Å². The molecule has 1 aromatic heterocycles. The van der Waals surface area contributed by atoms with Gasteiger partial charge in [-0.15, -0.1) is 11.3 Å². The Labute approximate surface area is 124 Å². The fourth-order valence-electron chi connectivity index (χ4n) is 1.62. The first-order valence-electron chi connectivity index (χ1n) is 5.48. The van der Waals surface area contributed by atoms with Gasteiger partial charge in [0, 0.05) is 26.8 Å². The van der Waals surface area contributed by atoms with Crippen LogP contribution in [0.5, 0.6) is 5.75 Å². The Hall–Kier alpha value is -0.550. The maximum Gasteiger partial charge on any atom is 0.142 e. The highest BCUT2D eigenvalue weighted by Crippen LogP contribution is 2.30. The molecular weight excluding hydrogens is 334 g/mol. The zero-order valence-electron chi connectivity index (χ0n) is 9.87. The Bertz CT molecular complexity index is 529. The number of para-hydroxylation sites is 1. The highest BCUT2D eigenvalue weighted by Gasteiger charge is 2.08. The lowest BCUT2D eigenvalue weighted by Gasteiger charge is -2.12. The van der Waals surface area contributed by atoms with Gasteiger partial charge >= 0.3 is 0 Å². The molecule has 0 unspecified atom stereocenters. The van der Waals surface area contributed by atoms with Crippen molar-refractivity contribution in [3.8, 4) is 5.75 Å². The maximum absolute atomic E-state index is 6.18. The molecule has 0 radical (unpaired) electrons. The molecular formula is C13H13BrClNOS. The molecule has 0 aliphatic rings. The van der Waals surface area contributed by atoms with Crippen molar-refractivity contribution in [2.24, 2.45) is 0 Å². The minimum Gasteiger partial charge on any atom is -0.486 e. The molecule has 0 bridgehead atoms. The van der Waals surface area contributed by atoms with Gasteiger partial charge in [-0.25, -0.2) is 0 Å². The molecule has 0 saturated heterocycles. The third kappa shape index (κ3) is 3.48. The molecule has 0 aliphatic heterocycles. The van der Waals surface area contributed by atoms with Crippen molar-refractivity contribution in [1.82, 2.24) is 5.32 Å². The van der Waals surface area contributed by atoms with Crippen LogP contribution in [0.2, 0.25) is 5.02 Å². The highest BCUT2D eigenvalue weighted by atomic mass is 79.9. The van der Waals surface area contributed by atoms with E-state index in [1.165, 1.54) is 0 Å². The number of ether oxygens (including phenoxy) is 1. The summed E-state index contributed by atoms with van der Waals surface area (Å²) in [5.74, 6) is 0.762. The Balaban J connectivity index is 2.12. The number of halogens is 2. The van der Waals surface area contributed by atoms with Gasteiger partial charge in [-0.3, -0.25) is 0 Å². The van der Waals surface area contributed by atoms with E-state index < -0.39 is 0 Å². The molecule has 1 aromatic carbocycles. The van der Waals surface area contributed by atoms with Crippen LogP contribution in [0.25, 0.3) is 0 Å². The maximum atomic E-state index is 6.18. The van der Waals surface area contributed by atoms with Crippen LogP contribution in [-0.2, 0) is 13.2 Å². The predicted molar refractivity (Wildman–Crippen MR) is 80.6 cm³/mol. The van der Waals surface area contributed by atoms with Gasteiger partial charge in [0.25, 0.3) is 0 Å². The molecule has 2 rings (SSSR count). The fraction of sp³-hybridized carbons (Fsp3) is 0.231. The van der Waals surface area contributed by atoms with E-state index in [0.29, 0.717) is 11.6 Å². The lowest BCUT2D eigenvalue weighted by atomic mass is 10.2. The first kappa shape index (κ1) is 13.9. The molecule has 5 heteroatoms. The van der Waals surface area contributed by atoms with Gasteiger partial charge in [0.1, 0.15) is 12.4 Å². The summed E-state index contributed by atoms with van der Waals surface area (Å²) in [7, 11) is 1.90. The number of rotatable bonds is 5. The third-order valence-electron chi connectivity index (χ3n) is 2.40. The van der Waals surface area contributed by atoms with Gasteiger partial charge in [-0.1, -0.05) is 23.7 Å². The molecule has 0 amide bonds. The molecule has 18 heavy (non-hydrogen) atoms. The van der Waals surface area contributed by atoms with E-state index in [9.17, 15) is 0 Å². The highest BCUT2D eigenvalue weighted by molar-refractivity contribution is 9.10. The van der Waals surface area contributed by atoms with E-state index in [1.54, 1.807) is 11.3 Å². The molecule has 0 saturated carbocycles. The van der Waals surface area contributed by atoms with Crippen LogP contribution < -0.4 is 10.1 Å². The average molecular weight is 347 g/mol. The Morgan fingerprint density at radius 2 is 2.28 bits per heavy atom. The van der Waals surface area contributed by atoms with Crippen LogP contribution in [0, 0.1) is 0 Å². The summed E-state index contributed by atoms with van der Waals surface area (Å²) in [5, 5.41) is 5.80. The van der Waals surface area contributed by atoms with Crippen molar-refractivity contribution in [2.45, 2.75) is 13.2 Å². The van der Waals surface area contributed by atoms with Crippen molar-refractivity contribution in [3.05, 3.63) is 49.6 Å². The topological polar surface area (TPSA) is 21.3 Å². The lowest BCUT2D eigenvalue weighted by molar-refractivity contribution is 0.306. The zero-order chi connectivity index (χ0) is 13.0. The van der Waals surface area contributed by atoms with E-state index in [1.807, 2.05) is 30.6 Å². The molecule has 0 spiro atoms. The standard InChI is InChI=1S/C13H13BrClNOS/c1-16-6-9-3-2-4-12(15)13(9)17-7-11-5-10(14)8-18-11/h2-5,8,16H,6-7H2,1H3. The number of hydrogen-bond acceptors (Lipinski definition) is 3. The molecule has 0 atom stereocenters. The molecule has 96 valence electrons. The van der Waals surface area contributed by atoms with Gasteiger partial charge in [0.2, 0.25) is 0 Å². The van der Waals surface area contributed by atoms with Crippen LogP contribution >= 0.6 is 38.9 Å². The summed E-state index contributed by atoms with van der Waals surface area (Å²) >= 11 is 11.3. The summed E-state index contributed by atoms with van der Waals surface area (Å²) in [6.07, 6.45) is 0. The number of nitrogens with one attached hydrogen (secondary N) is 1. The minimum absolute atomic E-state index is 0.538. The second kappa shape index (κ2) is 6.57. The van der Waals surface area contributed by atoms with Gasteiger partial charge in [-0.2, -0.15) is 0 Å². The van der Waals surface area contributed by atoms with Crippen molar-refractivity contribution in [3.63, 3.8) is 0 Å². The fourth-order valence-corrected chi connectivity index (χ4v) is 3.23. The second-order valence-electron chi connectivity index (χ2n) is 3.78. The normalized spacial score (nSPS) is 10.6. The summed E-state index contributed by atoms with van der Waals surface area (Å²) in [6, 6.07) is 7.85.